The lowest BCUT2D eigenvalue weighted by atomic mass is 10.1. The summed E-state index contributed by atoms with van der Waals surface area (Å²) in [5.74, 6) is 0.291. The Morgan fingerprint density at radius 2 is 2.05 bits per heavy atom. The predicted octanol–water partition coefficient (Wildman–Crippen LogP) is 2.78. The van der Waals surface area contributed by atoms with E-state index in [1.807, 2.05) is 0 Å². The van der Waals surface area contributed by atoms with Crippen molar-refractivity contribution < 1.29 is 18.6 Å². The fraction of sp³-hybridized carbons (Fsp3) is 0.200. The van der Waals surface area contributed by atoms with Gasteiger partial charge in [-0.25, -0.2) is 9.97 Å². The summed E-state index contributed by atoms with van der Waals surface area (Å²) in [6, 6.07) is 2.53. The van der Waals surface area contributed by atoms with Gasteiger partial charge in [-0.3, -0.25) is 0 Å². The van der Waals surface area contributed by atoms with Gasteiger partial charge in [0.2, 0.25) is 14.3 Å². The Labute approximate surface area is 116 Å². The molecule has 0 atom stereocenters. The topological polar surface area (TPSA) is 78.3 Å². The van der Waals surface area contributed by atoms with Gasteiger partial charge in [0.15, 0.2) is 0 Å². The third-order valence-electron chi connectivity index (χ3n) is 2.47. The third kappa shape index (κ3) is 2.67. The standard InChI is InChI=1S/C10H9BrF2N3O2P/c1-14-9-15-4-5-2-7(11)6(3-8(5)16-9)10(12,13)19(17)18/h2-4,17-18H,1H3,(H,14,15,16). The number of anilines is 1. The van der Waals surface area contributed by atoms with Crippen LogP contribution in [0.15, 0.2) is 22.8 Å². The number of halogens is 3. The largest absolute Gasteiger partial charge is 0.357 e. The maximum Gasteiger partial charge on any atom is 0.340 e. The van der Waals surface area contributed by atoms with E-state index in [4.69, 9.17) is 9.79 Å². The fourth-order valence-electron chi connectivity index (χ4n) is 1.51. The molecule has 0 unspecified atom stereocenters. The average molecular weight is 352 g/mol. The molecule has 1 aromatic heterocycles. The molecule has 0 amide bonds. The van der Waals surface area contributed by atoms with E-state index in [9.17, 15) is 8.78 Å². The predicted molar refractivity (Wildman–Crippen MR) is 72.0 cm³/mol. The monoisotopic (exact) mass is 351 g/mol. The molecule has 1 aromatic carbocycles. The van der Waals surface area contributed by atoms with Crippen molar-refractivity contribution in [1.29, 1.82) is 0 Å². The number of fused-ring (bicyclic) bond motifs is 1. The molecule has 2 aromatic rings. The van der Waals surface area contributed by atoms with E-state index < -0.39 is 19.6 Å². The molecule has 5 nitrogen and oxygen atoms in total. The van der Waals surface area contributed by atoms with Crippen molar-refractivity contribution >= 4 is 41.2 Å². The van der Waals surface area contributed by atoms with Gasteiger partial charge in [0.1, 0.15) is 0 Å². The minimum atomic E-state index is -3.73. The highest BCUT2D eigenvalue weighted by Gasteiger charge is 2.42. The summed E-state index contributed by atoms with van der Waals surface area (Å²) in [5, 5.41) is 3.26. The molecule has 102 valence electrons. The van der Waals surface area contributed by atoms with E-state index in [0.29, 0.717) is 11.3 Å². The summed E-state index contributed by atoms with van der Waals surface area (Å²) in [7, 11) is -1.82. The van der Waals surface area contributed by atoms with E-state index in [-0.39, 0.29) is 9.99 Å². The number of benzene rings is 1. The van der Waals surface area contributed by atoms with E-state index in [2.05, 4.69) is 31.2 Å². The fourth-order valence-corrected chi connectivity index (χ4v) is 2.67. The number of hydrogen-bond donors (Lipinski definition) is 3. The summed E-state index contributed by atoms with van der Waals surface area (Å²) >= 11 is 2.99. The zero-order chi connectivity index (χ0) is 14.2. The number of aromatic nitrogens is 2. The van der Waals surface area contributed by atoms with Crippen LogP contribution in [0.4, 0.5) is 14.7 Å². The number of nitrogens with zero attached hydrogens (tertiary/aromatic N) is 2. The van der Waals surface area contributed by atoms with Crippen LogP contribution in [0.1, 0.15) is 5.56 Å². The van der Waals surface area contributed by atoms with Crippen LogP contribution < -0.4 is 5.32 Å². The van der Waals surface area contributed by atoms with Crippen LogP contribution in [-0.4, -0.2) is 26.8 Å². The highest BCUT2D eigenvalue weighted by atomic mass is 79.9. The van der Waals surface area contributed by atoms with Crippen molar-refractivity contribution in [2.75, 3.05) is 12.4 Å². The normalized spacial score (nSPS) is 12.2. The van der Waals surface area contributed by atoms with Crippen LogP contribution in [0.2, 0.25) is 0 Å². The average Bonchev–Trinajstić information content (AvgIpc) is 2.37. The molecule has 9 heteroatoms. The summed E-state index contributed by atoms with van der Waals surface area (Å²) in [4.78, 5) is 25.7. The van der Waals surface area contributed by atoms with E-state index >= 15 is 0 Å². The van der Waals surface area contributed by atoms with Crippen LogP contribution in [0.5, 0.6) is 0 Å². The quantitative estimate of drug-likeness (QED) is 0.741. The molecule has 2 rings (SSSR count). The van der Waals surface area contributed by atoms with E-state index in [1.54, 1.807) is 7.05 Å². The van der Waals surface area contributed by atoms with Gasteiger partial charge in [-0.15, -0.1) is 0 Å². The lowest BCUT2D eigenvalue weighted by Crippen LogP contribution is -2.11. The van der Waals surface area contributed by atoms with Crippen LogP contribution in [0, 0.1) is 0 Å². The van der Waals surface area contributed by atoms with E-state index in [0.717, 1.165) is 6.07 Å². The highest BCUT2D eigenvalue weighted by Crippen LogP contribution is 2.54. The second kappa shape index (κ2) is 5.20. The van der Waals surface area contributed by atoms with Crippen LogP contribution in [-0.2, 0) is 5.66 Å². The van der Waals surface area contributed by atoms with Gasteiger partial charge in [0.25, 0.3) is 0 Å². The van der Waals surface area contributed by atoms with Crippen molar-refractivity contribution in [3.05, 3.63) is 28.4 Å². The van der Waals surface area contributed by atoms with Crippen molar-refractivity contribution in [2.45, 2.75) is 5.66 Å². The molecule has 0 saturated heterocycles. The first-order valence-electron chi connectivity index (χ1n) is 5.06. The van der Waals surface area contributed by atoms with Gasteiger partial charge < -0.3 is 15.1 Å². The van der Waals surface area contributed by atoms with Gasteiger partial charge in [-0.2, -0.15) is 8.78 Å². The summed E-state index contributed by atoms with van der Waals surface area (Å²) in [5.41, 5.74) is -3.96. The SMILES string of the molecule is CNc1ncc2cc(Br)c(C(F)(F)P(O)O)cc2n1. The van der Waals surface area contributed by atoms with Crippen molar-refractivity contribution in [3.63, 3.8) is 0 Å². The molecule has 0 spiro atoms. The Bertz CT molecular complexity index is 627. The first-order chi connectivity index (χ1) is 8.86. The lowest BCUT2D eigenvalue weighted by Gasteiger charge is -2.19. The third-order valence-corrected chi connectivity index (χ3v) is 3.87. The van der Waals surface area contributed by atoms with Gasteiger partial charge in [0, 0.05) is 28.7 Å². The minimum Gasteiger partial charge on any atom is -0.357 e. The molecule has 0 aliphatic heterocycles. The second-order valence-electron chi connectivity index (χ2n) is 3.67. The molecular formula is C10H9BrF2N3O2P. The highest BCUT2D eigenvalue weighted by molar-refractivity contribution is 9.10. The summed E-state index contributed by atoms with van der Waals surface area (Å²) < 4.78 is 27.4. The molecule has 0 aliphatic carbocycles. The van der Waals surface area contributed by atoms with Gasteiger partial charge in [-0.1, -0.05) is 15.9 Å². The Balaban J connectivity index is 2.66. The van der Waals surface area contributed by atoms with Gasteiger partial charge >= 0.3 is 5.66 Å². The van der Waals surface area contributed by atoms with Crippen LogP contribution in [0.3, 0.4) is 0 Å². The minimum absolute atomic E-state index is 0.0707. The van der Waals surface area contributed by atoms with Crippen molar-refractivity contribution in [2.24, 2.45) is 0 Å². The van der Waals surface area contributed by atoms with E-state index in [1.165, 1.54) is 12.3 Å². The molecule has 3 N–H and O–H groups in total. The summed E-state index contributed by atoms with van der Waals surface area (Å²) in [6.45, 7) is 0. The number of alkyl halides is 2. The van der Waals surface area contributed by atoms with Gasteiger partial charge in [0.05, 0.1) is 5.52 Å². The molecule has 19 heavy (non-hydrogen) atoms. The Hall–Kier alpha value is -0.950. The molecule has 0 radical (unpaired) electrons. The smallest absolute Gasteiger partial charge is 0.340 e. The molecule has 1 heterocycles. The molecule has 0 aliphatic rings. The van der Waals surface area contributed by atoms with Gasteiger partial charge in [-0.05, 0) is 12.1 Å². The first kappa shape index (κ1) is 14.5. The molecule has 0 bridgehead atoms. The number of nitrogens with one attached hydrogen (secondary N) is 1. The molecule has 0 fully saturated rings. The number of rotatable bonds is 3. The maximum atomic E-state index is 13.7. The number of hydrogen-bond acceptors (Lipinski definition) is 5. The maximum absolute atomic E-state index is 13.7. The Morgan fingerprint density at radius 3 is 2.63 bits per heavy atom. The lowest BCUT2D eigenvalue weighted by molar-refractivity contribution is 0.0726. The molecule has 0 saturated carbocycles. The zero-order valence-electron chi connectivity index (χ0n) is 9.60. The Morgan fingerprint density at radius 1 is 1.37 bits per heavy atom. The first-order valence-corrected chi connectivity index (χ1v) is 7.10. The zero-order valence-corrected chi connectivity index (χ0v) is 12.1. The van der Waals surface area contributed by atoms with Crippen molar-refractivity contribution in [3.8, 4) is 0 Å². The van der Waals surface area contributed by atoms with Crippen LogP contribution >= 0.6 is 24.3 Å². The second-order valence-corrected chi connectivity index (χ2v) is 5.66. The van der Waals surface area contributed by atoms with Crippen molar-refractivity contribution in [1.82, 2.24) is 9.97 Å². The molecular weight excluding hydrogens is 343 g/mol. The van der Waals surface area contributed by atoms with Crippen LogP contribution in [0.25, 0.3) is 10.9 Å². The summed E-state index contributed by atoms with van der Waals surface area (Å²) in [6.07, 6.45) is 1.49. The Kier molecular flexibility index (Phi) is 3.96.